The number of para-hydroxylation sites is 1. The maximum atomic E-state index is 15.0. The number of aliphatic hydroxyl groups excluding tert-OH is 1. The predicted molar refractivity (Wildman–Crippen MR) is 178 cm³/mol. The van der Waals surface area contributed by atoms with Crippen LogP contribution in [0.25, 0.3) is 0 Å². The average molecular weight is 630 g/mol. The number of hydrogen-bond donors (Lipinski definition) is 1. The van der Waals surface area contributed by atoms with E-state index in [0.29, 0.717) is 30.0 Å². The number of methoxy groups -OCH3 is 1. The molecule has 3 saturated heterocycles. The van der Waals surface area contributed by atoms with E-state index in [2.05, 4.69) is 13.2 Å². The summed E-state index contributed by atoms with van der Waals surface area (Å²) < 4.78 is 12.4. The Morgan fingerprint density at radius 2 is 1.65 bits per heavy atom. The highest BCUT2D eigenvalue weighted by Gasteiger charge is 2.80. The van der Waals surface area contributed by atoms with Crippen LogP contribution in [-0.2, 0) is 19.1 Å². The molecule has 9 nitrogen and oxygen atoms in total. The molecule has 0 radical (unpaired) electrons. The van der Waals surface area contributed by atoms with Crippen molar-refractivity contribution in [3.05, 3.63) is 79.9 Å². The number of rotatable bonds is 13. The number of nitrogens with zero attached hydrogens (tertiary/aromatic N) is 3. The number of carbonyl (C=O) groups is 3. The molecule has 9 heteroatoms. The number of benzene rings is 2. The van der Waals surface area contributed by atoms with Crippen LogP contribution >= 0.6 is 0 Å². The Hall–Kier alpha value is -3.95. The van der Waals surface area contributed by atoms with Crippen LogP contribution in [0.15, 0.2) is 79.9 Å². The zero-order chi connectivity index (χ0) is 33.4. The van der Waals surface area contributed by atoms with E-state index in [1.54, 1.807) is 58.2 Å². The van der Waals surface area contributed by atoms with Crippen molar-refractivity contribution in [2.45, 2.75) is 63.8 Å². The van der Waals surface area contributed by atoms with E-state index >= 15 is 4.79 Å². The molecule has 3 aliphatic heterocycles. The Balaban J connectivity index is 1.67. The summed E-state index contributed by atoms with van der Waals surface area (Å²) >= 11 is 0. The Morgan fingerprint density at radius 1 is 1.07 bits per heavy atom. The van der Waals surface area contributed by atoms with Gasteiger partial charge >= 0.3 is 0 Å². The lowest BCUT2D eigenvalue weighted by atomic mass is 9.62. The van der Waals surface area contributed by atoms with Crippen LogP contribution < -0.4 is 14.5 Å². The number of carbonyl (C=O) groups excluding carboxylic acids is 3. The van der Waals surface area contributed by atoms with Crippen LogP contribution in [0.1, 0.15) is 40.5 Å². The first kappa shape index (κ1) is 33.4. The van der Waals surface area contributed by atoms with Gasteiger partial charge in [-0.15, -0.1) is 13.2 Å². The molecular formula is C37H47N3O6. The minimum atomic E-state index is -1.27. The maximum Gasteiger partial charge on any atom is 0.253 e. The lowest BCUT2D eigenvalue weighted by Gasteiger charge is -2.41. The van der Waals surface area contributed by atoms with Gasteiger partial charge in [0.1, 0.15) is 17.4 Å². The normalized spacial score (nSPS) is 29.2. The molecule has 1 N–H and O–H groups in total. The molecule has 46 heavy (non-hydrogen) atoms. The first-order valence-corrected chi connectivity index (χ1v) is 16.2. The van der Waals surface area contributed by atoms with Gasteiger partial charge in [0.25, 0.3) is 5.91 Å². The van der Waals surface area contributed by atoms with E-state index in [1.165, 1.54) is 0 Å². The Bertz CT molecular complexity index is 1460. The summed E-state index contributed by atoms with van der Waals surface area (Å²) in [6, 6.07) is 14.8. The topological polar surface area (TPSA) is 99.6 Å². The van der Waals surface area contributed by atoms with E-state index in [-0.39, 0.29) is 49.3 Å². The van der Waals surface area contributed by atoms with Crippen LogP contribution in [0.2, 0.25) is 0 Å². The zero-order valence-corrected chi connectivity index (χ0v) is 27.6. The standard InChI is InChI=1S/C37H47N3O6/c1-8-20-38(26-14-12-11-13-15-26)33(42)30-31-34(43)40(29(23-41)24(4)10-3)32(37(31)22-25(5)36(30,6)46-37)35(44)39(21-9-2)27-16-18-28(45-7)19-17-27/h8-9,11-19,24-25,29-32,41H,1-2,10,20-23H2,3-7H3/t24-,25?,29-,30+,31-,32?,36-,37?/m0/s1. The first-order valence-electron chi connectivity index (χ1n) is 16.2. The molecule has 3 amide bonds. The fraction of sp³-hybridized carbons (Fsp3) is 0.486. The van der Waals surface area contributed by atoms with E-state index in [4.69, 9.17) is 9.47 Å². The molecule has 0 saturated carbocycles. The SMILES string of the molecule is C=CCN(C(=O)C1N([C@@H](CO)[C@@H](C)CC)C(=O)[C@@H]2[C@H](C(=O)N(CC=C)c3ccccc3)[C@@]3(C)OC12CC3C)c1ccc(OC)cc1. The first-order chi connectivity index (χ1) is 22.0. The number of likely N-dealkylation sites (tertiary alicyclic amines) is 1. The minimum absolute atomic E-state index is 0.116. The van der Waals surface area contributed by atoms with E-state index < -0.39 is 35.1 Å². The summed E-state index contributed by atoms with van der Waals surface area (Å²) in [4.78, 5) is 49.5. The lowest BCUT2D eigenvalue weighted by molar-refractivity contribution is -0.150. The lowest BCUT2D eigenvalue weighted by Crippen LogP contribution is -2.60. The van der Waals surface area contributed by atoms with Crippen molar-refractivity contribution in [1.82, 2.24) is 4.90 Å². The molecule has 2 bridgehead atoms. The summed E-state index contributed by atoms with van der Waals surface area (Å²) in [5.74, 6) is -2.27. The van der Waals surface area contributed by atoms with Gasteiger partial charge in [0.2, 0.25) is 11.8 Å². The van der Waals surface area contributed by atoms with E-state index in [9.17, 15) is 14.7 Å². The monoisotopic (exact) mass is 629 g/mol. The summed E-state index contributed by atoms with van der Waals surface area (Å²) in [6.45, 7) is 15.8. The molecule has 5 rings (SSSR count). The van der Waals surface area contributed by atoms with Gasteiger partial charge < -0.3 is 29.3 Å². The number of aliphatic hydroxyl groups is 1. The second-order valence-electron chi connectivity index (χ2n) is 13.1. The molecule has 2 aromatic rings. The van der Waals surface area contributed by atoms with E-state index in [1.807, 2.05) is 58.0 Å². The highest BCUT2D eigenvalue weighted by molar-refractivity contribution is 6.07. The second kappa shape index (κ2) is 13.0. The Morgan fingerprint density at radius 3 is 2.20 bits per heavy atom. The Labute approximate surface area is 272 Å². The van der Waals surface area contributed by atoms with E-state index in [0.717, 1.165) is 0 Å². The van der Waals surface area contributed by atoms with Gasteiger partial charge in [-0.25, -0.2) is 0 Å². The molecule has 246 valence electrons. The molecule has 3 fully saturated rings. The van der Waals surface area contributed by atoms with Gasteiger partial charge in [0.05, 0.1) is 37.2 Å². The molecule has 3 unspecified atom stereocenters. The molecule has 8 atom stereocenters. The van der Waals surface area contributed by atoms with Crippen LogP contribution in [0.5, 0.6) is 5.75 Å². The van der Waals surface area contributed by atoms with Crippen LogP contribution in [-0.4, -0.2) is 77.8 Å². The van der Waals surface area contributed by atoms with Gasteiger partial charge in [-0.3, -0.25) is 14.4 Å². The molecule has 0 aliphatic carbocycles. The number of amides is 3. The highest BCUT2D eigenvalue weighted by Crippen LogP contribution is 2.66. The van der Waals surface area contributed by atoms with Crippen molar-refractivity contribution >= 4 is 29.1 Å². The number of fused-ring (bicyclic) bond motifs is 1. The van der Waals surface area contributed by atoms with Crippen LogP contribution in [0, 0.1) is 23.7 Å². The third-order valence-electron chi connectivity index (χ3n) is 10.7. The van der Waals surface area contributed by atoms with Gasteiger partial charge in [-0.2, -0.15) is 0 Å². The Kier molecular flexibility index (Phi) is 9.47. The third kappa shape index (κ3) is 5.14. The average Bonchev–Trinajstić information content (AvgIpc) is 3.59. The highest BCUT2D eigenvalue weighted by atomic mass is 16.5. The summed E-state index contributed by atoms with van der Waals surface area (Å²) in [5, 5.41) is 10.8. The molecule has 3 heterocycles. The largest absolute Gasteiger partial charge is 0.497 e. The summed E-state index contributed by atoms with van der Waals surface area (Å²) in [7, 11) is 1.58. The van der Waals surface area contributed by atoms with Crippen molar-refractivity contribution in [1.29, 1.82) is 0 Å². The predicted octanol–water partition coefficient (Wildman–Crippen LogP) is 4.85. The quantitative estimate of drug-likeness (QED) is 0.318. The minimum Gasteiger partial charge on any atom is -0.497 e. The third-order valence-corrected chi connectivity index (χ3v) is 10.7. The van der Waals surface area contributed by atoms with Crippen molar-refractivity contribution in [2.75, 3.05) is 36.6 Å². The van der Waals surface area contributed by atoms with Gasteiger partial charge in [-0.05, 0) is 61.6 Å². The van der Waals surface area contributed by atoms with Crippen molar-refractivity contribution in [2.24, 2.45) is 23.7 Å². The molecule has 1 spiro atoms. The van der Waals surface area contributed by atoms with Gasteiger partial charge in [-0.1, -0.05) is 57.5 Å². The van der Waals surface area contributed by atoms with Crippen molar-refractivity contribution < 1.29 is 29.0 Å². The van der Waals surface area contributed by atoms with Gasteiger partial charge in [0, 0.05) is 24.5 Å². The number of hydrogen-bond acceptors (Lipinski definition) is 6. The summed E-state index contributed by atoms with van der Waals surface area (Å²) in [5.41, 5.74) is -0.959. The fourth-order valence-corrected chi connectivity index (χ4v) is 8.09. The second-order valence-corrected chi connectivity index (χ2v) is 13.1. The smallest absolute Gasteiger partial charge is 0.253 e. The molecule has 2 aromatic carbocycles. The van der Waals surface area contributed by atoms with Crippen molar-refractivity contribution in [3.8, 4) is 5.75 Å². The zero-order valence-electron chi connectivity index (χ0n) is 27.6. The van der Waals surface area contributed by atoms with Crippen molar-refractivity contribution in [3.63, 3.8) is 0 Å². The van der Waals surface area contributed by atoms with Gasteiger partial charge in [0.15, 0.2) is 0 Å². The van der Waals surface area contributed by atoms with Crippen LogP contribution in [0.3, 0.4) is 0 Å². The molecule has 3 aliphatic rings. The van der Waals surface area contributed by atoms with Crippen LogP contribution in [0.4, 0.5) is 11.4 Å². The molecule has 0 aromatic heterocycles. The number of ether oxygens (including phenoxy) is 2. The number of anilines is 2. The maximum absolute atomic E-state index is 15.0. The summed E-state index contributed by atoms with van der Waals surface area (Å²) in [6.07, 6.45) is 4.42. The molecular weight excluding hydrogens is 582 g/mol. The fourth-order valence-electron chi connectivity index (χ4n) is 8.09.